The zero-order chi connectivity index (χ0) is 12.0. The molecule has 1 fully saturated rings. The maximum Gasteiger partial charge on any atom is 0.163 e. The van der Waals surface area contributed by atoms with Crippen LogP contribution in [0.1, 0.15) is 40.0 Å². The van der Waals surface area contributed by atoms with E-state index >= 15 is 0 Å². The summed E-state index contributed by atoms with van der Waals surface area (Å²) < 4.78 is 12.0. The van der Waals surface area contributed by atoms with Crippen LogP contribution in [0.2, 0.25) is 0 Å². The molecule has 0 aromatic heterocycles. The largest absolute Gasteiger partial charge is 0.347 e. The Hall–Kier alpha value is -0.300. The minimum Gasteiger partial charge on any atom is -0.347 e. The van der Waals surface area contributed by atoms with Gasteiger partial charge in [-0.05, 0) is 42.3 Å². The van der Waals surface area contributed by atoms with Crippen molar-refractivity contribution in [2.45, 2.75) is 51.9 Å². The molecule has 1 aliphatic rings. The van der Waals surface area contributed by atoms with Crippen LogP contribution < -0.4 is 0 Å². The topological polar surface area (TPSA) is 18.5 Å². The second kappa shape index (κ2) is 6.44. The molecule has 90 valence electrons. The zero-order valence-corrected chi connectivity index (χ0v) is 11.8. The van der Waals surface area contributed by atoms with Gasteiger partial charge in [-0.25, -0.2) is 0 Å². The second-order valence-corrected chi connectivity index (χ2v) is 5.14. The molecule has 1 atom stereocenters. The molecule has 0 radical (unpaired) electrons. The molecule has 1 unspecified atom stereocenters. The minimum absolute atomic E-state index is 0.00449. The molecule has 0 N–H and O–H groups in total. The van der Waals surface area contributed by atoms with E-state index in [1.807, 2.05) is 19.9 Å². The molecular formula is C13H19BrO2. The molecular weight excluding hydrogens is 268 g/mol. The van der Waals surface area contributed by atoms with Crippen molar-refractivity contribution in [3.63, 3.8) is 0 Å². The Labute approximate surface area is 107 Å². The van der Waals surface area contributed by atoms with Crippen LogP contribution in [-0.2, 0) is 9.47 Å². The van der Waals surface area contributed by atoms with Crippen molar-refractivity contribution in [2.75, 3.05) is 6.61 Å². The number of hydrogen-bond acceptors (Lipinski definition) is 2. The van der Waals surface area contributed by atoms with Crippen LogP contribution in [0.4, 0.5) is 0 Å². The molecule has 3 heteroatoms. The molecule has 1 heterocycles. The molecule has 0 aromatic rings. The summed E-state index contributed by atoms with van der Waals surface area (Å²) >= 11 is 3.43. The SMILES string of the molecule is CCCCC#C/C(Br)=C\C1COC(C)(C)O1. The second-order valence-electron chi connectivity index (χ2n) is 4.29. The van der Waals surface area contributed by atoms with Gasteiger partial charge in [0.2, 0.25) is 0 Å². The van der Waals surface area contributed by atoms with Gasteiger partial charge in [0.05, 0.1) is 11.1 Å². The summed E-state index contributed by atoms with van der Waals surface area (Å²) in [6.45, 7) is 6.60. The lowest BCUT2D eigenvalue weighted by Crippen LogP contribution is -2.20. The van der Waals surface area contributed by atoms with Crippen LogP contribution in [0.5, 0.6) is 0 Å². The highest BCUT2D eigenvalue weighted by molar-refractivity contribution is 9.12. The van der Waals surface area contributed by atoms with E-state index in [1.165, 1.54) is 6.42 Å². The van der Waals surface area contributed by atoms with Gasteiger partial charge in [0, 0.05) is 6.42 Å². The fourth-order valence-electron chi connectivity index (χ4n) is 1.41. The van der Waals surface area contributed by atoms with E-state index in [9.17, 15) is 0 Å². The third-order valence-corrected chi connectivity index (χ3v) is 2.69. The van der Waals surface area contributed by atoms with Crippen LogP contribution in [0.25, 0.3) is 0 Å². The van der Waals surface area contributed by atoms with Crippen molar-refractivity contribution in [1.29, 1.82) is 0 Å². The quantitative estimate of drug-likeness (QED) is 0.583. The average molecular weight is 287 g/mol. The summed E-state index contributed by atoms with van der Waals surface area (Å²) in [6.07, 6.45) is 5.26. The highest BCUT2D eigenvalue weighted by Crippen LogP contribution is 2.24. The van der Waals surface area contributed by atoms with Gasteiger partial charge < -0.3 is 9.47 Å². The molecule has 0 saturated carbocycles. The predicted octanol–water partition coefficient (Wildman–Crippen LogP) is 3.61. The van der Waals surface area contributed by atoms with E-state index in [4.69, 9.17) is 9.47 Å². The van der Waals surface area contributed by atoms with Crippen LogP contribution in [-0.4, -0.2) is 18.5 Å². The molecule has 0 aromatic carbocycles. The average Bonchev–Trinajstić information content (AvgIpc) is 2.53. The van der Waals surface area contributed by atoms with Gasteiger partial charge in [-0.2, -0.15) is 0 Å². The van der Waals surface area contributed by atoms with Crippen molar-refractivity contribution in [2.24, 2.45) is 0 Å². The molecule has 1 saturated heterocycles. The number of halogens is 1. The highest BCUT2D eigenvalue weighted by Gasteiger charge is 2.31. The Morgan fingerprint density at radius 1 is 1.56 bits per heavy atom. The first-order chi connectivity index (χ1) is 7.53. The van der Waals surface area contributed by atoms with Crippen molar-refractivity contribution in [3.8, 4) is 11.8 Å². The number of ether oxygens (including phenoxy) is 2. The first-order valence-electron chi connectivity index (χ1n) is 5.71. The van der Waals surface area contributed by atoms with E-state index in [0.29, 0.717) is 6.61 Å². The van der Waals surface area contributed by atoms with E-state index < -0.39 is 5.79 Å². The molecule has 16 heavy (non-hydrogen) atoms. The Morgan fingerprint density at radius 2 is 2.31 bits per heavy atom. The number of allylic oxidation sites excluding steroid dienone is 1. The normalized spacial score (nSPS) is 24.0. The van der Waals surface area contributed by atoms with Crippen LogP contribution in [0.15, 0.2) is 10.6 Å². The Balaban J connectivity index is 2.41. The van der Waals surface area contributed by atoms with Gasteiger partial charge in [0.1, 0.15) is 6.10 Å². The first kappa shape index (κ1) is 13.8. The smallest absolute Gasteiger partial charge is 0.163 e. The van der Waals surface area contributed by atoms with E-state index in [2.05, 4.69) is 34.7 Å². The first-order valence-corrected chi connectivity index (χ1v) is 6.51. The molecule has 1 rings (SSSR count). The van der Waals surface area contributed by atoms with Crippen LogP contribution >= 0.6 is 15.9 Å². The van der Waals surface area contributed by atoms with Gasteiger partial charge in [0.15, 0.2) is 5.79 Å². The zero-order valence-electron chi connectivity index (χ0n) is 10.2. The summed E-state index contributed by atoms with van der Waals surface area (Å²) in [4.78, 5) is 0. The fourth-order valence-corrected chi connectivity index (χ4v) is 1.85. The van der Waals surface area contributed by atoms with Crippen LogP contribution in [0.3, 0.4) is 0 Å². The molecule has 0 amide bonds. The summed E-state index contributed by atoms with van der Waals surface area (Å²) in [7, 11) is 0. The maximum atomic E-state index is 5.65. The monoisotopic (exact) mass is 286 g/mol. The van der Waals surface area contributed by atoms with Crippen molar-refractivity contribution in [1.82, 2.24) is 0 Å². The minimum atomic E-state index is -0.468. The third-order valence-electron chi connectivity index (χ3n) is 2.23. The molecule has 0 bridgehead atoms. The van der Waals surface area contributed by atoms with E-state index in [0.717, 1.165) is 17.3 Å². The lowest BCUT2D eigenvalue weighted by Gasteiger charge is -2.15. The number of unbranched alkanes of at least 4 members (excludes halogenated alkanes) is 2. The maximum absolute atomic E-state index is 5.65. The van der Waals surface area contributed by atoms with Crippen molar-refractivity contribution in [3.05, 3.63) is 10.6 Å². The van der Waals surface area contributed by atoms with Gasteiger partial charge in [-0.15, -0.1) is 0 Å². The highest BCUT2D eigenvalue weighted by atomic mass is 79.9. The van der Waals surface area contributed by atoms with Crippen molar-refractivity contribution >= 4 is 15.9 Å². The molecule has 1 aliphatic heterocycles. The summed E-state index contributed by atoms with van der Waals surface area (Å²) in [5.41, 5.74) is 0. The third kappa shape index (κ3) is 5.16. The summed E-state index contributed by atoms with van der Waals surface area (Å²) in [5, 5.41) is 0. The number of rotatable bonds is 3. The Kier molecular flexibility index (Phi) is 5.54. The van der Waals surface area contributed by atoms with Gasteiger partial charge in [0.25, 0.3) is 0 Å². The lowest BCUT2D eigenvalue weighted by molar-refractivity contribution is -0.133. The predicted molar refractivity (Wildman–Crippen MR) is 69.2 cm³/mol. The molecule has 0 spiro atoms. The fraction of sp³-hybridized carbons (Fsp3) is 0.692. The van der Waals surface area contributed by atoms with E-state index in [1.54, 1.807) is 0 Å². The van der Waals surface area contributed by atoms with Crippen LogP contribution in [0, 0.1) is 11.8 Å². The van der Waals surface area contributed by atoms with Gasteiger partial charge in [-0.3, -0.25) is 0 Å². The van der Waals surface area contributed by atoms with E-state index in [-0.39, 0.29) is 6.10 Å². The molecule has 0 aliphatic carbocycles. The number of hydrogen-bond donors (Lipinski definition) is 0. The summed E-state index contributed by atoms with van der Waals surface area (Å²) in [5.74, 6) is 5.71. The molecule has 2 nitrogen and oxygen atoms in total. The van der Waals surface area contributed by atoms with Gasteiger partial charge >= 0.3 is 0 Å². The standard InChI is InChI=1S/C13H19BrO2/c1-4-5-6-7-8-11(14)9-12-10-15-13(2,3)16-12/h9,12H,4-6,10H2,1-3H3/b11-9+. The van der Waals surface area contributed by atoms with Gasteiger partial charge in [-0.1, -0.05) is 25.2 Å². The Morgan fingerprint density at radius 3 is 2.88 bits per heavy atom. The van der Waals surface area contributed by atoms with Crippen molar-refractivity contribution < 1.29 is 9.47 Å². The summed E-state index contributed by atoms with van der Waals surface area (Å²) in [6, 6.07) is 0. The lowest BCUT2D eigenvalue weighted by atomic mass is 10.2. The Bertz CT molecular complexity index is 310.